The number of hydrogen-bond acceptors (Lipinski definition) is 7. The third-order valence-corrected chi connectivity index (χ3v) is 5.38. The van der Waals surface area contributed by atoms with Gasteiger partial charge in [0.2, 0.25) is 0 Å². The molecule has 1 aromatic heterocycles. The van der Waals surface area contributed by atoms with E-state index in [4.69, 9.17) is 30.2 Å². The first-order chi connectivity index (χ1) is 15.2. The zero-order chi connectivity index (χ0) is 23.6. The van der Waals surface area contributed by atoms with Crippen LogP contribution in [0.15, 0.2) is 34.3 Å². The number of benzene rings is 1. The maximum Gasteiger partial charge on any atom is 0.295 e. The minimum absolute atomic E-state index is 0.0400. The largest absolute Gasteiger partial charge is 0.507 e. The van der Waals surface area contributed by atoms with Crippen molar-refractivity contribution in [3.8, 4) is 11.5 Å². The highest BCUT2D eigenvalue weighted by molar-refractivity contribution is 6.46. The van der Waals surface area contributed by atoms with Gasteiger partial charge in [-0.25, -0.2) is 0 Å². The molecular weight excluding hydrogens is 438 g/mol. The molecule has 8 nitrogen and oxygen atoms in total. The summed E-state index contributed by atoms with van der Waals surface area (Å²) in [6, 6.07) is 5.40. The average Bonchev–Trinajstić information content (AvgIpc) is 3.29. The first kappa shape index (κ1) is 23.7. The maximum absolute atomic E-state index is 13.0. The fourth-order valence-corrected chi connectivity index (χ4v) is 3.82. The first-order valence-corrected chi connectivity index (χ1v) is 10.5. The molecule has 172 valence electrons. The van der Waals surface area contributed by atoms with Crippen LogP contribution in [0.3, 0.4) is 0 Å². The summed E-state index contributed by atoms with van der Waals surface area (Å²) in [5, 5.41) is 11.4. The number of Topliss-reactive ketones (excluding diaryl/α,β-unsaturated/α-hetero) is 1. The van der Waals surface area contributed by atoms with Crippen molar-refractivity contribution in [1.29, 1.82) is 0 Å². The number of rotatable bonds is 8. The number of aliphatic hydroxyl groups excluding tert-OH is 1. The number of aliphatic hydroxyl groups is 1. The first-order valence-electron chi connectivity index (χ1n) is 10.1. The molecule has 1 atom stereocenters. The Bertz CT molecular complexity index is 1060. The van der Waals surface area contributed by atoms with Gasteiger partial charge in [0.1, 0.15) is 34.8 Å². The molecule has 1 aliphatic heterocycles. The third kappa shape index (κ3) is 4.47. The second-order valence-corrected chi connectivity index (χ2v) is 7.95. The Labute approximate surface area is 191 Å². The Kier molecular flexibility index (Phi) is 7.16. The average molecular weight is 464 g/mol. The zero-order valence-corrected chi connectivity index (χ0v) is 19.4. The summed E-state index contributed by atoms with van der Waals surface area (Å²) in [6.07, 6.45) is -0.0400. The van der Waals surface area contributed by atoms with Gasteiger partial charge < -0.3 is 28.6 Å². The van der Waals surface area contributed by atoms with Crippen LogP contribution in [0.4, 0.5) is 0 Å². The molecule has 1 unspecified atom stereocenters. The number of amides is 1. The second kappa shape index (κ2) is 9.67. The van der Waals surface area contributed by atoms with Crippen molar-refractivity contribution >= 4 is 29.1 Å². The quantitative estimate of drug-likeness (QED) is 0.357. The van der Waals surface area contributed by atoms with Crippen LogP contribution in [0.1, 0.15) is 37.0 Å². The molecule has 1 aliphatic rings. The van der Waals surface area contributed by atoms with Crippen molar-refractivity contribution in [3.63, 3.8) is 0 Å². The van der Waals surface area contributed by atoms with Gasteiger partial charge in [0.05, 0.1) is 43.1 Å². The number of ether oxygens (including phenoxy) is 3. The number of ketones is 1. The molecule has 1 fully saturated rings. The van der Waals surface area contributed by atoms with Gasteiger partial charge in [-0.05, 0) is 39.0 Å². The molecule has 0 radical (unpaired) electrons. The molecule has 1 aromatic carbocycles. The van der Waals surface area contributed by atoms with E-state index >= 15 is 0 Å². The predicted molar refractivity (Wildman–Crippen MR) is 118 cm³/mol. The minimum atomic E-state index is -0.926. The summed E-state index contributed by atoms with van der Waals surface area (Å²) in [5.74, 6) is -0.481. The highest BCUT2D eigenvalue weighted by atomic mass is 35.5. The van der Waals surface area contributed by atoms with Gasteiger partial charge in [-0.3, -0.25) is 9.59 Å². The van der Waals surface area contributed by atoms with Crippen LogP contribution in [0.5, 0.6) is 11.5 Å². The van der Waals surface area contributed by atoms with Gasteiger partial charge in [0, 0.05) is 12.6 Å². The predicted octanol–water partition coefficient (Wildman–Crippen LogP) is 4.11. The van der Waals surface area contributed by atoms with E-state index in [1.54, 1.807) is 19.1 Å². The van der Waals surface area contributed by atoms with Gasteiger partial charge in [0.25, 0.3) is 11.7 Å². The molecule has 1 amide bonds. The Morgan fingerprint density at radius 1 is 1.19 bits per heavy atom. The molecule has 3 rings (SSSR count). The smallest absolute Gasteiger partial charge is 0.295 e. The Morgan fingerprint density at radius 3 is 2.44 bits per heavy atom. The Hall–Kier alpha value is -2.97. The van der Waals surface area contributed by atoms with Gasteiger partial charge >= 0.3 is 0 Å². The van der Waals surface area contributed by atoms with Crippen LogP contribution >= 0.6 is 11.6 Å². The highest BCUT2D eigenvalue weighted by Crippen LogP contribution is 2.43. The van der Waals surface area contributed by atoms with Crippen molar-refractivity contribution in [2.45, 2.75) is 32.9 Å². The molecule has 0 saturated carbocycles. The lowest BCUT2D eigenvalue weighted by molar-refractivity contribution is -0.140. The van der Waals surface area contributed by atoms with E-state index in [1.807, 2.05) is 13.8 Å². The van der Waals surface area contributed by atoms with E-state index in [1.165, 1.54) is 31.3 Å². The van der Waals surface area contributed by atoms with Crippen LogP contribution < -0.4 is 9.47 Å². The lowest BCUT2D eigenvalue weighted by Crippen LogP contribution is -2.33. The molecule has 2 heterocycles. The maximum atomic E-state index is 13.0. The molecule has 2 aromatic rings. The van der Waals surface area contributed by atoms with Crippen LogP contribution in [-0.2, 0) is 14.3 Å². The van der Waals surface area contributed by atoms with E-state index in [2.05, 4.69) is 0 Å². The number of hydrogen-bond donors (Lipinski definition) is 1. The summed E-state index contributed by atoms with van der Waals surface area (Å²) in [5.41, 5.74) is 0.0384. The monoisotopic (exact) mass is 463 g/mol. The van der Waals surface area contributed by atoms with Gasteiger partial charge in [0.15, 0.2) is 0 Å². The fraction of sp³-hybridized carbons (Fsp3) is 0.391. The van der Waals surface area contributed by atoms with Crippen molar-refractivity contribution in [1.82, 2.24) is 4.90 Å². The lowest BCUT2D eigenvalue weighted by Gasteiger charge is -2.24. The summed E-state index contributed by atoms with van der Waals surface area (Å²) in [6.45, 7) is 5.87. The van der Waals surface area contributed by atoms with Crippen LogP contribution in [0.2, 0.25) is 5.02 Å². The Balaban J connectivity index is 2.15. The third-order valence-electron chi connectivity index (χ3n) is 5.08. The SMILES string of the molecule is COc1cc(OC)c(/C(O)=C2\C(=O)C(=O)N(CCOC(C)C)C2c2ccc(C)o2)cc1Cl. The van der Waals surface area contributed by atoms with E-state index in [-0.39, 0.29) is 41.2 Å². The number of nitrogens with zero attached hydrogens (tertiary/aromatic N) is 1. The molecule has 1 N–H and O–H groups in total. The van der Waals surface area contributed by atoms with E-state index in [0.717, 1.165) is 0 Å². The minimum Gasteiger partial charge on any atom is -0.507 e. The lowest BCUT2D eigenvalue weighted by atomic mass is 9.98. The number of halogens is 1. The van der Waals surface area contributed by atoms with Crippen LogP contribution in [0, 0.1) is 6.92 Å². The van der Waals surface area contributed by atoms with E-state index in [9.17, 15) is 14.7 Å². The molecule has 0 aliphatic carbocycles. The number of furan rings is 1. The van der Waals surface area contributed by atoms with Crippen molar-refractivity contribution in [2.24, 2.45) is 0 Å². The van der Waals surface area contributed by atoms with E-state index < -0.39 is 23.5 Å². The topological polar surface area (TPSA) is 98.4 Å². The van der Waals surface area contributed by atoms with Crippen molar-refractivity contribution in [3.05, 3.63) is 51.9 Å². The normalized spacial score (nSPS) is 18.0. The summed E-state index contributed by atoms with van der Waals surface area (Å²) < 4.78 is 21.9. The fourth-order valence-electron chi connectivity index (χ4n) is 3.58. The molecule has 0 spiro atoms. The number of aryl methyl sites for hydroxylation is 1. The summed E-state index contributed by atoms with van der Waals surface area (Å²) >= 11 is 6.25. The summed E-state index contributed by atoms with van der Waals surface area (Å²) in [4.78, 5) is 27.3. The van der Waals surface area contributed by atoms with Crippen LogP contribution in [0.25, 0.3) is 5.76 Å². The molecule has 0 bridgehead atoms. The molecule has 1 saturated heterocycles. The van der Waals surface area contributed by atoms with E-state index in [0.29, 0.717) is 17.3 Å². The highest BCUT2D eigenvalue weighted by Gasteiger charge is 2.47. The van der Waals surface area contributed by atoms with Crippen LogP contribution in [-0.4, -0.2) is 55.2 Å². The van der Waals surface area contributed by atoms with Crippen molar-refractivity contribution < 1.29 is 33.3 Å². The van der Waals surface area contributed by atoms with Gasteiger partial charge in [-0.15, -0.1) is 0 Å². The van der Waals surface area contributed by atoms with Crippen molar-refractivity contribution in [2.75, 3.05) is 27.4 Å². The van der Waals surface area contributed by atoms with Gasteiger partial charge in [-0.1, -0.05) is 11.6 Å². The number of likely N-dealkylation sites (tertiary alicyclic amines) is 1. The number of carbonyl (C=O) groups excluding carboxylic acids is 2. The Morgan fingerprint density at radius 2 is 1.88 bits per heavy atom. The number of methoxy groups -OCH3 is 2. The zero-order valence-electron chi connectivity index (χ0n) is 18.6. The molecular formula is C23H26ClNO7. The van der Waals surface area contributed by atoms with Gasteiger partial charge in [-0.2, -0.15) is 0 Å². The summed E-state index contributed by atoms with van der Waals surface area (Å²) in [7, 11) is 2.86. The number of carbonyl (C=O) groups is 2. The molecule has 9 heteroatoms. The molecule has 32 heavy (non-hydrogen) atoms. The second-order valence-electron chi connectivity index (χ2n) is 7.55. The standard InChI is InChI=1S/C23H26ClNO7/c1-12(2)31-9-8-25-20(16-7-6-13(3)32-16)19(22(27)23(25)28)21(26)14-10-15(24)18(30-5)11-17(14)29-4/h6-7,10-12,20,26H,8-9H2,1-5H3/b21-19+.